The first-order valence-electron chi connectivity index (χ1n) is 13.9. The number of ether oxygens (including phenoxy) is 1. The highest BCUT2D eigenvalue weighted by atomic mass is 19.1. The Morgan fingerprint density at radius 1 is 1.17 bits per heavy atom. The Labute approximate surface area is 237 Å². The van der Waals surface area contributed by atoms with Crippen molar-refractivity contribution in [3.63, 3.8) is 0 Å². The first kappa shape index (κ1) is 26.7. The molecule has 0 saturated heterocycles. The van der Waals surface area contributed by atoms with Crippen molar-refractivity contribution in [3.8, 4) is 17.0 Å². The summed E-state index contributed by atoms with van der Waals surface area (Å²) in [5.74, 6) is -1.22. The van der Waals surface area contributed by atoms with E-state index in [0.717, 1.165) is 35.4 Å². The fourth-order valence-electron chi connectivity index (χ4n) is 5.99. The Morgan fingerprint density at radius 2 is 1.98 bits per heavy atom. The number of nitrogens with zero attached hydrogens (tertiary/aromatic N) is 3. The summed E-state index contributed by atoms with van der Waals surface area (Å²) in [5.41, 5.74) is 5.16. The second-order valence-corrected chi connectivity index (χ2v) is 11.4. The van der Waals surface area contributed by atoms with Crippen LogP contribution < -0.4 is 15.4 Å². The van der Waals surface area contributed by atoms with Gasteiger partial charge < -0.3 is 20.4 Å². The van der Waals surface area contributed by atoms with Gasteiger partial charge in [-0.25, -0.2) is 4.39 Å². The number of fused-ring (bicyclic) bond motifs is 1. The number of aryl methyl sites for hydroxylation is 2. The van der Waals surface area contributed by atoms with Gasteiger partial charge in [-0.2, -0.15) is 5.10 Å². The second-order valence-electron chi connectivity index (χ2n) is 11.4. The van der Waals surface area contributed by atoms with Crippen molar-refractivity contribution >= 4 is 17.5 Å². The van der Waals surface area contributed by atoms with E-state index in [-0.39, 0.29) is 17.4 Å². The van der Waals surface area contributed by atoms with Crippen LogP contribution in [0.2, 0.25) is 0 Å². The highest BCUT2D eigenvalue weighted by Gasteiger charge is 2.58. The molecule has 1 saturated carbocycles. The minimum atomic E-state index is -0.956. The molecule has 4 heterocycles. The largest absolute Gasteiger partial charge is 0.493 e. The van der Waals surface area contributed by atoms with E-state index >= 15 is 0 Å². The number of amides is 2. The van der Waals surface area contributed by atoms with Gasteiger partial charge in [-0.1, -0.05) is 6.07 Å². The fourth-order valence-corrected chi connectivity index (χ4v) is 5.99. The van der Waals surface area contributed by atoms with Gasteiger partial charge in [0.1, 0.15) is 23.3 Å². The molecule has 1 spiro atoms. The maximum absolute atomic E-state index is 14.1. The van der Waals surface area contributed by atoms with Gasteiger partial charge >= 0.3 is 0 Å². The molecular formula is C31H33FN6O3. The number of aromatic amines is 1. The van der Waals surface area contributed by atoms with Crippen LogP contribution in [-0.4, -0.2) is 44.2 Å². The SMILES string of the molecule is Cc1c[nH]c(C)c1-c1ccc(NC(=O)[C@@H](NC(=O)c2ccnn2C(C)C)C2c3ccc(F)cc3OCC23CC3)cn1. The van der Waals surface area contributed by atoms with Gasteiger partial charge in [0.15, 0.2) is 0 Å². The van der Waals surface area contributed by atoms with Crippen LogP contribution in [0.15, 0.2) is 55.0 Å². The van der Waals surface area contributed by atoms with E-state index in [2.05, 4.69) is 25.7 Å². The lowest BCUT2D eigenvalue weighted by molar-refractivity contribution is -0.119. The molecule has 10 heteroatoms. The van der Waals surface area contributed by atoms with Crippen molar-refractivity contribution < 1.29 is 18.7 Å². The molecule has 1 fully saturated rings. The van der Waals surface area contributed by atoms with Crippen molar-refractivity contribution in [1.29, 1.82) is 0 Å². The lowest BCUT2D eigenvalue weighted by Gasteiger charge is -2.38. The molecule has 1 aliphatic carbocycles. The van der Waals surface area contributed by atoms with Crippen LogP contribution >= 0.6 is 0 Å². The minimum Gasteiger partial charge on any atom is -0.493 e. The van der Waals surface area contributed by atoms with Crippen LogP contribution in [0, 0.1) is 25.1 Å². The normalized spacial score (nSPS) is 17.6. The number of nitrogens with one attached hydrogen (secondary N) is 3. The average Bonchev–Trinajstić information content (AvgIpc) is 3.37. The topological polar surface area (TPSA) is 114 Å². The summed E-state index contributed by atoms with van der Waals surface area (Å²) < 4.78 is 21.7. The highest BCUT2D eigenvalue weighted by Crippen LogP contribution is 2.61. The van der Waals surface area contributed by atoms with Crippen molar-refractivity contribution in [1.82, 2.24) is 25.1 Å². The van der Waals surface area contributed by atoms with Crippen LogP contribution in [0.4, 0.5) is 10.1 Å². The number of carbonyl (C=O) groups is 2. The van der Waals surface area contributed by atoms with E-state index in [9.17, 15) is 14.0 Å². The molecule has 212 valence electrons. The van der Waals surface area contributed by atoms with Gasteiger partial charge in [0.2, 0.25) is 5.91 Å². The maximum atomic E-state index is 14.1. The van der Waals surface area contributed by atoms with E-state index in [0.29, 0.717) is 29.3 Å². The van der Waals surface area contributed by atoms with Gasteiger partial charge in [-0.3, -0.25) is 19.3 Å². The molecule has 0 bridgehead atoms. The number of benzene rings is 1. The van der Waals surface area contributed by atoms with Crippen molar-refractivity contribution in [2.75, 3.05) is 11.9 Å². The third-order valence-corrected chi connectivity index (χ3v) is 8.23. The summed E-state index contributed by atoms with van der Waals surface area (Å²) in [4.78, 5) is 35.5. The van der Waals surface area contributed by atoms with Crippen molar-refractivity contribution in [2.45, 2.75) is 58.5 Å². The molecule has 0 radical (unpaired) electrons. The molecule has 2 atom stereocenters. The Hall–Kier alpha value is -4.47. The second kappa shape index (κ2) is 10.2. The van der Waals surface area contributed by atoms with Gasteiger partial charge in [0.05, 0.1) is 24.2 Å². The van der Waals surface area contributed by atoms with Gasteiger partial charge in [-0.15, -0.1) is 0 Å². The average molecular weight is 557 g/mol. The third kappa shape index (κ3) is 4.87. The summed E-state index contributed by atoms with van der Waals surface area (Å²) in [6.45, 7) is 8.22. The first-order chi connectivity index (χ1) is 19.7. The van der Waals surface area contributed by atoms with E-state index < -0.39 is 23.7 Å². The summed E-state index contributed by atoms with van der Waals surface area (Å²) in [7, 11) is 0. The van der Waals surface area contributed by atoms with Gasteiger partial charge in [0.25, 0.3) is 5.91 Å². The summed E-state index contributed by atoms with van der Waals surface area (Å²) in [5, 5.41) is 10.3. The number of anilines is 1. The Kier molecular flexibility index (Phi) is 6.63. The number of hydrogen-bond acceptors (Lipinski definition) is 5. The molecular weight excluding hydrogens is 523 g/mol. The van der Waals surface area contributed by atoms with Crippen molar-refractivity contribution in [3.05, 3.63) is 83.3 Å². The molecule has 1 aliphatic heterocycles. The summed E-state index contributed by atoms with van der Waals surface area (Å²) >= 11 is 0. The Balaban J connectivity index is 1.34. The highest BCUT2D eigenvalue weighted by molar-refractivity contribution is 6.01. The smallest absolute Gasteiger partial charge is 0.270 e. The molecule has 6 rings (SSSR count). The number of aromatic nitrogens is 4. The standard InChI is InChI=1S/C31H33FN6O3/c1-17(2)38-24(9-12-35-38)29(39)37-28(27-22-7-5-20(32)13-25(22)41-16-31(27)10-11-31)30(40)36-21-6-8-23(34-15-21)26-18(3)14-33-19(26)4/h5-9,12-15,17,27-28,33H,10-11,16H2,1-4H3,(H,36,40)(H,37,39)/t27?,28-/m0/s1. The summed E-state index contributed by atoms with van der Waals surface area (Å²) in [6.07, 6.45) is 6.80. The molecule has 2 aliphatic rings. The number of halogens is 1. The summed E-state index contributed by atoms with van der Waals surface area (Å²) in [6, 6.07) is 8.68. The Bertz CT molecular complexity index is 1600. The molecule has 1 unspecified atom stereocenters. The number of pyridine rings is 1. The molecule has 1 aromatic carbocycles. The van der Waals surface area contributed by atoms with Gasteiger partial charge in [-0.05, 0) is 70.4 Å². The molecule has 3 N–H and O–H groups in total. The Morgan fingerprint density at radius 3 is 2.63 bits per heavy atom. The number of rotatable bonds is 7. The molecule has 2 amide bonds. The fraction of sp³-hybridized carbons (Fsp3) is 0.355. The minimum absolute atomic E-state index is 0.0449. The number of hydrogen-bond donors (Lipinski definition) is 3. The third-order valence-electron chi connectivity index (χ3n) is 8.23. The zero-order valence-corrected chi connectivity index (χ0v) is 23.5. The van der Waals surface area contributed by atoms with Gasteiger partial charge in [0, 0.05) is 52.7 Å². The zero-order valence-electron chi connectivity index (χ0n) is 23.5. The van der Waals surface area contributed by atoms with Crippen LogP contribution in [0.3, 0.4) is 0 Å². The molecule has 41 heavy (non-hydrogen) atoms. The quantitative estimate of drug-likeness (QED) is 0.286. The molecule has 9 nitrogen and oxygen atoms in total. The van der Waals surface area contributed by atoms with Crippen LogP contribution in [0.5, 0.6) is 5.75 Å². The van der Waals surface area contributed by atoms with Crippen molar-refractivity contribution in [2.24, 2.45) is 5.41 Å². The maximum Gasteiger partial charge on any atom is 0.270 e. The first-order valence-corrected chi connectivity index (χ1v) is 13.9. The van der Waals surface area contributed by atoms with E-state index in [1.807, 2.05) is 40.0 Å². The monoisotopic (exact) mass is 556 g/mol. The molecule has 4 aromatic rings. The van der Waals surface area contributed by atoms with E-state index in [1.165, 1.54) is 12.1 Å². The lowest BCUT2D eigenvalue weighted by Crippen LogP contribution is -2.52. The number of carbonyl (C=O) groups excluding carboxylic acids is 2. The van der Waals surface area contributed by atoms with E-state index in [1.54, 1.807) is 35.3 Å². The zero-order chi connectivity index (χ0) is 28.9. The van der Waals surface area contributed by atoms with Crippen LogP contribution in [0.25, 0.3) is 11.3 Å². The van der Waals surface area contributed by atoms with Crippen LogP contribution in [-0.2, 0) is 4.79 Å². The lowest BCUT2D eigenvalue weighted by atomic mass is 9.76. The predicted molar refractivity (Wildman–Crippen MR) is 152 cm³/mol. The number of H-pyrrole nitrogens is 1. The molecule has 3 aromatic heterocycles. The van der Waals surface area contributed by atoms with E-state index in [4.69, 9.17) is 4.74 Å². The predicted octanol–water partition coefficient (Wildman–Crippen LogP) is 5.30. The van der Waals surface area contributed by atoms with Crippen LogP contribution in [0.1, 0.15) is 66.0 Å².